The second-order valence-electron chi connectivity index (χ2n) is 7.29. The maximum Gasteiger partial charge on any atom is 0.264 e. The van der Waals surface area contributed by atoms with Gasteiger partial charge in [-0.15, -0.1) is 0 Å². The monoisotopic (exact) mass is 405 g/mol. The van der Waals surface area contributed by atoms with E-state index < -0.39 is 0 Å². The van der Waals surface area contributed by atoms with Crippen LogP contribution in [0.25, 0.3) is 11.0 Å². The minimum absolute atomic E-state index is 0.136. The van der Waals surface area contributed by atoms with E-state index in [2.05, 4.69) is 15.4 Å². The Kier molecular flexibility index (Phi) is 5.22. The van der Waals surface area contributed by atoms with Gasteiger partial charge < -0.3 is 9.73 Å². The summed E-state index contributed by atoms with van der Waals surface area (Å²) in [6, 6.07) is 9.66. The molecule has 0 atom stereocenters. The number of hydrogen-bond donors (Lipinski definition) is 1. The molecule has 30 heavy (non-hydrogen) atoms. The molecule has 0 spiro atoms. The fourth-order valence-corrected chi connectivity index (χ4v) is 3.47. The molecule has 3 aromatic heterocycles. The fraction of sp³-hybridized carbons (Fsp3) is 0.273. The van der Waals surface area contributed by atoms with Gasteiger partial charge in [0.1, 0.15) is 23.2 Å². The first-order chi connectivity index (χ1) is 14.4. The van der Waals surface area contributed by atoms with Gasteiger partial charge in [0.25, 0.3) is 11.5 Å². The van der Waals surface area contributed by atoms with Crippen molar-refractivity contribution in [1.29, 1.82) is 0 Å². The Bertz CT molecular complexity index is 1280. The van der Waals surface area contributed by atoms with E-state index in [1.165, 1.54) is 6.20 Å². The van der Waals surface area contributed by atoms with E-state index in [-0.39, 0.29) is 11.5 Å². The maximum absolute atomic E-state index is 12.9. The van der Waals surface area contributed by atoms with Crippen molar-refractivity contribution < 1.29 is 9.21 Å². The first kappa shape index (κ1) is 19.6. The first-order valence-corrected chi connectivity index (χ1v) is 9.74. The summed E-state index contributed by atoms with van der Waals surface area (Å²) in [6.07, 6.45) is 3.08. The molecule has 154 valence electrons. The summed E-state index contributed by atoms with van der Waals surface area (Å²) >= 11 is 0. The van der Waals surface area contributed by atoms with Gasteiger partial charge in [-0.2, -0.15) is 5.10 Å². The van der Waals surface area contributed by atoms with Gasteiger partial charge in [-0.05, 0) is 38.0 Å². The highest BCUT2D eigenvalue weighted by molar-refractivity contribution is 5.95. The Morgan fingerprint density at radius 1 is 1.20 bits per heavy atom. The fourth-order valence-electron chi connectivity index (χ4n) is 3.47. The molecule has 4 rings (SSSR count). The third kappa shape index (κ3) is 3.76. The maximum atomic E-state index is 12.9. The van der Waals surface area contributed by atoms with Gasteiger partial charge in [0.15, 0.2) is 5.65 Å². The molecule has 0 unspecified atom stereocenters. The molecule has 4 aromatic rings. The number of carbonyl (C=O) groups is 1. The molecule has 0 aliphatic carbocycles. The van der Waals surface area contributed by atoms with Crippen molar-refractivity contribution in [1.82, 2.24) is 24.6 Å². The van der Waals surface area contributed by atoms with Gasteiger partial charge in [-0.1, -0.05) is 24.3 Å². The number of aryl methyl sites for hydroxylation is 3. The Morgan fingerprint density at radius 3 is 2.73 bits per heavy atom. The van der Waals surface area contributed by atoms with E-state index in [0.29, 0.717) is 47.8 Å². The third-order valence-electron chi connectivity index (χ3n) is 5.12. The van der Waals surface area contributed by atoms with Gasteiger partial charge in [0.05, 0.1) is 24.8 Å². The molecule has 1 amide bonds. The number of amides is 1. The van der Waals surface area contributed by atoms with E-state index in [4.69, 9.17) is 4.42 Å². The standard InChI is InChI=1S/C22H23N5O3/c1-14-6-4-5-7-17(14)12-26-13-24-20-19(22(26)29)11-25-27(20)9-8-23-21(28)18-10-15(2)30-16(18)3/h4-7,10-11,13H,8-9,12H2,1-3H3,(H,23,28). The lowest BCUT2D eigenvalue weighted by Crippen LogP contribution is -2.28. The molecule has 0 aliphatic heterocycles. The second-order valence-corrected chi connectivity index (χ2v) is 7.29. The van der Waals surface area contributed by atoms with Gasteiger partial charge in [0.2, 0.25) is 0 Å². The van der Waals surface area contributed by atoms with Crippen LogP contribution in [-0.2, 0) is 13.1 Å². The molecule has 8 nitrogen and oxygen atoms in total. The van der Waals surface area contributed by atoms with Crippen molar-refractivity contribution in [2.45, 2.75) is 33.9 Å². The SMILES string of the molecule is Cc1cc(C(=O)NCCn2ncc3c(=O)n(Cc4ccccc4C)cnc32)c(C)o1. The number of hydrogen-bond acceptors (Lipinski definition) is 5. The van der Waals surface area contributed by atoms with E-state index in [9.17, 15) is 9.59 Å². The van der Waals surface area contributed by atoms with Crippen LogP contribution in [0.4, 0.5) is 0 Å². The molecule has 1 aromatic carbocycles. The highest BCUT2D eigenvalue weighted by atomic mass is 16.3. The summed E-state index contributed by atoms with van der Waals surface area (Å²) in [5, 5.41) is 7.59. The number of aromatic nitrogens is 4. The van der Waals surface area contributed by atoms with Gasteiger partial charge in [-0.25, -0.2) is 9.67 Å². The normalized spacial score (nSPS) is 11.2. The molecule has 8 heteroatoms. The topological polar surface area (TPSA) is 95.0 Å². The third-order valence-corrected chi connectivity index (χ3v) is 5.12. The molecule has 3 heterocycles. The number of benzene rings is 1. The molecule has 0 saturated heterocycles. The van der Waals surface area contributed by atoms with Crippen LogP contribution < -0.4 is 10.9 Å². The molecule has 1 N–H and O–H groups in total. The predicted molar refractivity (Wildman–Crippen MR) is 113 cm³/mol. The second kappa shape index (κ2) is 7.98. The molecule has 0 aliphatic rings. The van der Waals surface area contributed by atoms with Crippen molar-refractivity contribution in [3.05, 3.63) is 81.4 Å². The molecular weight excluding hydrogens is 382 g/mol. The van der Waals surface area contributed by atoms with Crippen LogP contribution in [0, 0.1) is 20.8 Å². The summed E-state index contributed by atoms with van der Waals surface area (Å²) in [5.74, 6) is 1.08. The molecule has 0 fully saturated rings. The van der Waals surface area contributed by atoms with E-state index in [1.807, 2.05) is 31.2 Å². The lowest BCUT2D eigenvalue weighted by molar-refractivity contribution is 0.0950. The van der Waals surface area contributed by atoms with Crippen LogP contribution in [0.1, 0.15) is 33.0 Å². The lowest BCUT2D eigenvalue weighted by atomic mass is 10.1. The minimum atomic E-state index is -0.200. The van der Waals surface area contributed by atoms with Crippen molar-refractivity contribution >= 4 is 16.9 Å². The van der Waals surface area contributed by atoms with Gasteiger partial charge >= 0.3 is 0 Å². The smallest absolute Gasteiger partial charge is 0.264 e. The van der Waals surface area contributed by atoms with Crippen LogP contribution in [0.3, 0.4) is 0 Å². The zero-order valence-electron chi connectivity index (χ0n) is 17.2. The van der Waals surface area contributed by atoms with Crippen LogP contribution in [-0.4, -0.2) is 31.8 Å². The lowest BCUT2D eigenvalue weighted by Gasteiger charge is -2.09. The molecular formula is C22H23N5O3. The Hall–Kier alpha value is -3.68. The number of nitrogens with zero attached hydrogens (tertiary/aromatic N) is 4. The number of carbonyl (C=O) groups excluding carboxylic acids is 1. The Morgan fingerprint density at radius 2 is 2.00 bits per heavy atom. The average Bonchev–Trinajstić information content (AvgIpc) is 3.28. The summed E-state index contributed by atoms with van der Waals surface area (Å²) < 4.78 is 8.61. The average molecular weight is 405 g/mol. The van der Waals surface area contributed by atoms with Gasteiger partial charge in [0, 0.05) is 6.54 Å². The number of rotatable bonds is 6. The van der Waals surface area contributed by atoms with Gasteiger partial charge in [-0.3, -0.25) is 14.2 Å². The van der Waals surface area contributed by atoms with E-state index in [1.54, 1.807) is 35.5 Å². The predicted octanol–water partition coefficient (Wildman–Crippen LogP) is 2.59. The minimum Gasteiger partial charge on any atom is -0.466 e. The number of nitrogens with one attached hydrogen (secondary N) is 1. The zero-order valence-corrected chi connectivity index (χ0v) is 17.2. The summed E-state index contributed by atoms with van der Waals surface area (Å²) in [6.45, 7) is 6.79. The van der Waals surface area contributed by atoms with Crippen LogP contribution in [0.2, 0.25) is 0 Å². The molecule has 0 radical (unpaired) electrons. The summed E-state index contributed by atoms with van der Waals surface area (Å²) in [4.78, 5) is 29.6. The Labute approximate surface area is 173 Å². The quantitative estimate of drug-likeness (QED) is 0.532. The first-order valence-electron chi connectivity index (χ1n) is 9.74. The van der Waals surface area contributed by atoms with Crippen molar-refractivity contribution in [2.24, 2.45) is 0 Å². The highest BCUT2D eigenvalue weighted by Gasteiger charge is 2.14. The van der Waals surface area contributed by atoms with Crippen LogP contribution >= 0.6 is 0 Å². The van der Waals surface area contributed by atoms with Crippen molar-refractivity contribution in [2.75, 3.05) is 6.54 Å². The Balaban J connectivity index is 1.48. The zero-order chi connectivity index (χ0) is 21.3. The largest absolute Gasteiger partial charge is 0.466 e. The highest BCUT2D eigenvalue weighted by Crippen LogP contribution is 2.13. The molecule has 0 bridgehead atoms. The summed E-state index contributed by atoms with van der Waals surface area (Å²) in [7, 11) is 0. The number of fused-ring (bicyclic) bond motifs is 1. The van der Waals surface area contributed by atoms with Crippen molar-refractivity contribution in [3.63, 3.8) is 0 Å². The van der Waals surface area contributed by atoms with E-state index >= 15 is 0 Å². The van der Waals surface area contributed by atoms with Crippen LogP contribution in [0.5, 0.6) is 0 Å². The summed E-state index contributed by atoms with van der Waals surface area (Å²) in [5.41, 5.74) is 3.09. The van der Waals surface area contributed by atoms with Crippen molar-refractivity contribution in [3.8, 4) is 0 Å². The van der Waals surface area contributed by atoms with Crippen LogP contribution in [0.15, 0.2) is 52.1 Å². The van der Waals surface area contributed by atoms with E-state index in [0.717, 1.165) is 11.1 Å². The molecule has 0 saturated carbocycles. The number of furan rings is 1.